The summed E-state index contributed by atoms with van der Waals surface area (Å²) in [5.74, 6) is 5.99. The first-order valence-electron chi connectivity index (χ1n) is 4.91. The molecule has 0 saturated carbocycles. The first-order valence-corrected chi connectivity index (χ1v) is 4.91. The van der Waals surface area contributed by atoms with Gasteiger partial charge in [-0.2, -0.15) is 0 Å². The highest BCUT2D eigenvalue weighted by Gasteiger charge is 2.08. The van der Waals surface area contributed by atoms with Crippen LogP contribution in [0.3, 0.4) is 0 Å². The summed E-state index contributed by atoms with van der Waals surface area (Å²) in [4.78, 5) is 3.18. The summed E-state index contributed by atoms with van der Waals surface area (Å²) >= 11 is 0. The van der Waals surface area contributed by atoms with Crippen LogP contribution in [0.4, 0.5) is 5.69 Å². The third-order valence-corrected chi connectivity index (χ3v) is 2.13. The molecular weight excluding hydrogens is 196 g/mol. The number of hydrogen-bond acceptors (Lipinski definition) is 1. The van der Waals surface area contributed by atoms with Gasteiger partial charge in [-0.3, -0.25) is 0 Å². The van der Waals surface area contributed by atoms with Gasteiger partial charge in [-0.05, 0) is 18.2 Å². The Morgan fingerprint density at radius 2 is 1.50 bits per heavy atom. The Hall–Kier alpha value is -2.58. The lowest BCUT2D eigenvalue weighted by Gasteiger charge is -1.86. The molecule has 0 saturated heterocycles. The predicted molar refractivity (Wildman–Crippen MR) is 63.6 cm³/mol. The van der Waals surface area contributed by atoms with E-state index in [9.17, 15) is 0 Å². The Balaban J connectivity index is 2.36. The number of nitrogens with zero attached hydrogens (tertiary/aromatic N) is 2. The fourth-order valence-electron chi connectivity index (χ4n) is 1.33. The van der Waals surface area contributed by atoms with Gasteiger partial charge in [0.25, 0.3) is 0 Å². The first kappa shape index (κ1) is 9.96. The van der Waals surface area contributed by atoms with Gasteiger partial charge in [0.1, 0.15) is 5.56 Å². The van der Waals surface area contributed by atoms with Crippen LogP contribution >= 0.6 is 0 Å². The van der Waals surface area contributed by atoms with Crippen molar-refractivity contribution < 1.29 is 0 Å². The molecule has 0 aliphatic carbocycles. The van der Waals surface area contributed by atoms with E-state index in [0.29, 0.717) is 11.3 Å². The fraction of sp³-hybridized carbons (Fsp3) is 0. The molecule has 0 aliphatic rings. The van der Waals surface area contributed by atoms with Gasteiger partial charge in [0.05, 0.1) is 0 Å². The molecule has 0 N–H and O–H groups in total. The molecule has 0 atom stereocenters. The van der Waals surface area contributed by atoms with Crippen molar-refractivity contribution in [1.29, 1.82) is 5.39 Å². The van der Waals surface area contributed by atoms with Gasteiger partial charge in [0.2, 0.25) is 5.39 Å². The zero-order valence-electron chi connectivity index (χ0n) is 8.59. The molecule has 0 fully saturated rings. The Bertz CT molecular complexity index is 583. The number of benzene rings is 2. The van der Waals surface area contributed by atoms with Crippen LogP contribution in [-0.4, -0.2) is 0 Å². The molecule has 0 aliphatic heterocycles. The van der Waals surface area contributed by atoms with E-state index < -0.39 is 0 Å². The summed E-state index contributed by atoms with van der Waals surface area (Å²) < 4.78 is 0. The largest absolute Gasteiger partial charge is 0.400 e. The predicted octanol–water partition coefficient (Wildman–Crippen LogP) is 3.57. The van der Waals surface area contributed by atoms with E-state index in [1.165, 1.54) is 0 Å². The SMILES string of the molecule is N#[N+]c1ccccc1C#Cc1ccccc1. The number of rotatable bonds is 0. The highest BCUT2D eigenvalue weighted by molar-refractivity contribution is 5.60. The van der Waals surface area contributed by atoms with E-state index in [-0.39, 0.29) is 0 Å². The van der Waals surface area contributed by atoms with Gasteiger partial charge in [0, 0.05) is 11.6 Å². The van der Waals surface area contributed by atoms with Crippen molar-refractivity contribution in [2.45, 2.75) is 0 Å². The second-order valence-corrected chi connectivity index (χ2v) is 3.23. The van der Waals surface area contributed by atoms with Crippen molar-refractivity contribution in [3.05, 3.63) is 70.7 Å². The second-order valence-electron chi connectivity index (χ2n) is 3.23. The molecule has 2 aromatic rings. The van der Waals surface area contributed by atoms with Gasteiger partial charge in [-0.25, -0.2) is 0 Å². The van der Waals surface area contributed by atoms with Gasteiger partial charge in [-0.1, -0.05) is 42.2 Å². The molecule has 0 radical (unpaired) electrons. The van der Waals surface area contributed by atoms with Crippen molar-refractivity contribution in [1.82, 2.24) is 0 Å². The van der Waals surface area contributed by atoms with Crippen LogP contribution in [-0.2, 0) is 0 Å². The van der Waals surface area contributed by atoms with E-state index >= 15 is 0 Å². The topological polar surface area (TPSA) is 28.1 Å². The molecule has 16 heavy (non-hydrogen) atoms. The monoisotopic (exact) mass is 205 g/mol. The summed E-state index contributed by atoms with van der Waals surface area (Å²) in [5, 5.41) is 8.77. The van der Waals surface area contributed by atoms with E-state index in [0.717, 1.165) is 5.56 Å². The Morgan fingerprint density at radius 1 is 0.812 bits per heavy atom. The van der Waals surface area contributed by atoms with E-state index in [1.54, 1.807) is 6.07 Å². The van der Waals surface area contributed by atoms with Crippen LogP contribution in [0.1, 0.15) is 11.1 Å². The van der Waals surface area contributed by atoms with Crippen molar-refractivity contribution in [3.63, 3.8) is 0 Å². The summed E-state index contributed by atoms with van der Waals surface area (Å²) in [6.45, 7) is 0. The molecule has 2 aromatic carbocycles. The lowest BCUT2D eigenvalue weighted by Crippen LogP contribution is -1.75. The van der Waals surface area contributed by atoms with Crippen LogP contribution in [0.15, 0.2) is 54.6 Å². The van der Waals surface area contributed by atoms with Gasteiger partial charge in [-0.15, -0.1) is 0 Å². The molecule has 2 heteroatoms. The quantitative estimate of drug-likeness (QED) is 0.477. The molecule has 0 spiro atoms. The summed E-state index contributed by atoms with van der Waals surface area (Å²) in [6.07, 6.45) is 0. The Morgan fingerprint density at radius 3 is 2.25 bits per heavy atom. The average Bonchev–Trinajstić information content (AvgIpc) is 2.38. The smallest absolute Gasteiger partial charge is 0.0622 e. The Kier molecular flexibility index (Phi) is 2.97. The maximum absolute atomic E-state index is 8.77. The standard InChI is InChI=1S/C14H9N2/c15-16-14-9-5-4-8-13(14)11-10-12-6-2-1-3-7-12/h1-9H/q+1. The normalized spacial score (nSPS) is 8.69. The molecule has 0 unspecified atom stereocenters. The maximum atomic E-state index is 8.77. The first-order chi connectivity index (χ1) is 7.90. The highest BCUT2D eigenvalue weighted by Crippen LogP contribution is 2.16. The van der Waals surface area contributed by atoms with E-state index in [1.807, 2.05) is 48.5 Å². The van der Waals surface area contributed by atoms with Crippen LogP contribution in [0, 0.1) is 17.2 Å². The number of diazo groups is 1. The number of hydrogen-bond donors (Lipinski definition) is 0. The van der Waals surface area contributed by atoms with Crippen LogP contribution < -0.4 is 0 Å². The zero-order valence-corrected chi connectivity index (χ0v) is 8.59. The minimum atomic E-state index is 0.492. The summed E-state index contributed by atoms with van der Waals surface area (Å²) in [5.41, 5.74) is 2.15. The van der Waals surface area contributed by atoms with Crippen molar-refractivity contribution in [2.75, 3.05) is 0 Å². The molecule has 0 heterocycles. The third-order valence-electron chi connectivity index (χ3n) is 2.13. The average molecular weight is 205 g/mol. The van der Waals surface area contributed by atoms with Gasteiger partial charge >= 0.3 is 5.69 Å². The van der Waals surface area contributed by atoms with Crippen LogP contribution in [0.2, 0.25) is 0 Å². The fourth-order valence-corrected chi connectivity index (χ4v) is 1.33. The second kappa shape index (κ2) is 4.77. The van der Waals surface area contributed by atoms with E-state index in [4.69, 9.17) is 5.39 Å². The molecule has 0 aromatic heterocycles. The highest BCUT2D eigenvalue weighted by atomic mass is 14.8. The van der Waals surface area contributed by atoms with Crippen molar-refractivity contribution >= 4 is 5.69 Å². The minimum absolute atomic E-state index is 0.492. The maximum Gasteiger partial charge on any atom is 0.400 e. The molecule has 2 rings (SSSR count). The zero-order chi connectivity index (χ0) is 11.2. The third kappa shape index (κ3) is 2.26. The van der Waals surface area contributed by atoms with E-state index in [2.05, 4.69) is 16.8 Å². The molecule has 0 bridgehead atoms. The van der Waals surface area contributed by atoms with Crippen molar-refractivity contribution in [2.24, 2.45) is 0 Å². The molecular formula is C14H9N2+. The molecule has 2 nitrogen and oxygen atoms in total. The lowest BCUT2D eigenvalue weighted by molar-refractivity contribution is 1.45. The molecule has 0 amide bonds. The summed E-state index contributed by atoms with van der Waals surface area (Å²) in [7, 11) is 0. The lowest BCUT2D eigenvalue weighted by atomic mass is 10.1. The minimum Gasteiger partial charge on any atom is -0.0622 e. The van der Waals surface area contributed by atoms with Crippen LogP contribution in [0.25, 0.3) is 4.98 Å². The Labute approximate surface area is 94.2 Å². The van der Waals surface area contributed by atoms with Gasteiger partial charge < -0.3 is 0 Å². The van der Waals surface area contributed by atoms with Crippen molar-refractivity contribution in [3.8, 4) is 11.8 Å². The van der Waals surface area contributed by atoms with Gasteiger partial charge in [0.15, 0.2) is 4.98 Å². The van der Waals surface area contributed by atoms with Crippen LogP contribution in [0.5, 0.6) is 0 Å². The molecule has 74 valence electrons. The summed E-state index contributed by atoms with van der Waals surface area (Å²) in [6, 6.07) is 16.9.